The Balaban J connectivity index is 1.87. The molecule has 0 aliphatic rings. The summed E-state index contributed by atoms with van der Waals surface area (Å²) in [6.45, 7) is 2.54. The van der Waals surface area contributed by atoms with Crippen molar-refractivity contribution in [3.8, 4) is 0 Å². The molecule has 0 aliphatic heterocycles. The first kappa shape index (κ1) is 17.4. The van der Waals surface area contributed by atoms with E-state index in [1.54, 1.807) is 35.4 Å². The average molecular weight is 355 g/mol. The first-order chi connectivity index (χ1) is 11.0. The fraction of sp³-hybridized carbons (Fsp3) is 0.250. The topological polar surface area (TPSA) is 62.6 Å². The zero-order valence-corrected chi connectivity index (χ0v) is 14.0. The third-order valence-corrected chi connectivity index (χ3v) is 3.96. The summed E-state index contributed by atoms with van der Waals surface area (Å²) in [5.41, 5.74) is 0.416. The molecule has 2 aromatic rings. The SMILES string of the molecule is CC(=O)N(CCNC(=O)c1ccc(Cl)c(Cl)c1)Cc1ccco1. The molecular weight excluding hydrogens is 339 g/mol. The fourth-order valence-electron chi connectivity index (χ4n) is 1.98. The number of carbonyl (C=O) groups excluding carboxylic acids is 2. The molecule has 7 heteroatoms. The molecule has 5 nitrogen and oxygen atoms in total. The standard InChI is InChI=1S/C16H16Cl2N2O3/c1-11(21)20(10-13-3-2-8-23-13)7-6-19-16(22)12-4-5-14(17)15(18)9-12/h2-5,8-9H,6-7,10H2,1H3,(H,19,22). The Morgan fingerprint density at radius 2 is 2.00 bits per heavy atom. The van der Waals surface area contributed by atoms with Gasteiger partial charge in [0.1, 0.15) is 5.76 Å². The number of furan rings is 1. The second-order valence-corrected chi connectivity index (χ2v) is 5.72. The highest BCUT2D eigenvalue weighted by Crippen LogP contribution is 2.22. The van der Waals surface area contributed by atoms with E-state index in [-0.39, 0.29) is 11.8 Å². The maximum atomic E-state index is 12.0. The smallest absolute Gasteiger partial charge is 0.251 e. The van der Waals surface area contributed by atoms with Crippen LogP contribution in [-0.2, 0) is 11.3 Å². The van der Waals surface area contributed by atoms with E-state index in [1.807, 2.05) is 0 Å². The van der Waals surface area contributed by atoms with Crippen molar-refractivity contribution in [3.05, 3.63) is 58.0 Å². The van der Waals surface area contributed by atoms with Gasteiger partial charge in [0.05, 0.1) is 22.9 Å². The fourth-order valence-corrected chi connectivity index (χ4v) is 2.28. The molecule has 0 fully saturated rings. The summed E-state index contributed by atoms with van der Waals surface area (Å²) in [5.74, 6) is 0.325. The van der Waals surface area contributed by atoms with Gasteiger partial charge in [-0.2, -0.15) is 0 Å². The van der Waals surface area contributed by atoms with E-state index in [0.29, 0.717) is 41.0 Å². The Hall–Kier alpha value is -1.98. The lowest BCUT2D eigenvalue weighted by Crippen LogP contribution is -2.37. The van der Waals surface area contributed by atoms with Crippen LogP contribution >= 0.6 is 23.2 Å². The molecule has 1 N–H and O–H groups in total. The van der Waals surface area contributed by atoms with Crippen molar-refractivity contribution >= 4 is 35.0 Å². The lowest BCUT2D eigenvalue weighted by Gasteiger charge is -2.20. The van der Waals surface area contributed by atoms with Crippen LogP contribution < -0.4 is 5.32 Å². The van der Waals surface area contributed by atoms with E-state index >= 15 is 0 Å². The summed E-state index contributed by atoms with van der Waals surface area (Å²) in [5, 5.41) is 3.46. The van der Waals surface area contributed by atoms with Crippen LogP contribution in [0.5, 0.6) is 0 Å². The number of rotatable bonds is 6. The molecule has 1 aromatic carbocycles. The summed E-state index contributed by atoms with van der Waals surface area (Å²) < 4.78 is 5.23. The molecule has 0 radical (unpaired) electrons. The van der Waals surface area contributed by atoms with Crippen molar-refractivity contribution < 1.29 is 14.0 Å². The van der Waals surface area contributed by atoms with Gasteiger partial charge < -0.3 is 14.6 Å². The summed E-state index contributed by atoms with van der Waals surface area (Å²) in [6.07, 6.45) is 1.56. The van der Waals surface area contributed by atoms with E-state index in [2.05, 4.69) is 5.32 Å². The van der Waals surface area contributed by atoms with Crippen molar-refractivity contribution in [2.75, 3.05) is 13.1 Å². The monoisotopic (exact) mass is 354 g/mol. The van der Waals surface area contributed by atoms with E-state index < -0.39 is 0 Å². The maximum absolute atomic E-state index is 12.0. The molecule has 0 bridgehead atoms. The first-order valence-electron chi connectivity index (χ1n) is 6.98. The van der Waals surface area contributed by atoms with Crippen LogP contribution in [0.25, 0.3) is 0 Å². The lowest BCUT2D eigenvalue weighted by atomic mass is 10.2. The number of carbonyl (C=O) groups is 2. The van der Waals surface area contributed by atoms with Crippen molar-refractivity contribution in [1.82, 2.24) is 10.2 Å². The molecule has 0 saturated carbocycles. The van der Waals surface area contributed by atoms with Crippen LogP contribution in [0.1, 0.15) is 23.0 Å². The number of amides is 2. The molecule has 1 heterocycles. The third kappa shape index (κ3) is 5.01. The van der Waals surface area contributed by atoms with Gasteiger partial charge in [-0.15, -0.1) is 0 Å². The van der Waals surface area contributed by atoms with Gasteiger partial charge in [0.2, 0.25) is 5.91 Å². The van der Waals surface area contributed by atoms with E-state index in [0.717, 1.165) is 0 Å². The minimum Gasteiger partial charge on any atom is -0.467 e. The predicted molar refractivity (Wildman–Crippen MR) is 88.6 cm³/mol. The molecule has 0 atom stereocenters. The molecule has 0 saturated heterocycles. The van der Waals surface area contributed by atoms with Crippen LogP contribution in [0.2, 0.25) is 10.0 Å². The van der Waals surface area contributed by atoms with Gasteiger partial charge in [0.15, 0.2) is 0 Å². The highest BCUT2D eigenvalue weighted by molar-refractivity contribution is 6.42. The highest BCUT2D eigenvalue weighted by atomic mass is 35.5. The first-order valence-corrected chi connectivity index (χ1v) is 7.74. The van der Waals surface area contributed by atoms with Gasteiger partial charge >= 0.3 is 0 Å². The van der Waals surface area contributed by atoms with Gasteiger partial charge in [0, 0.05) is 25.6 Å². The van der Waals surface area contributed by atoms with Gasteiger partial charge in [-0.1, -0.05) is 23.2 Å². The minimum atomic E-state index is -0.273. The van der Waals surface area contributed by atoms with Crippen LogP contribution in [0.15, 0.2) is 41.0 Å². The molecular formula is C16H16Cl2N2O3. The molecule has 1 aromatic heterocycles. The molecule has 2 amide bonds. The second-order valence-electron chi connectivity index (χ2n) is 4.90. The van der Waals surface area contributed by atoms with Crippen molar-refractivity contribution in [2.24, 2.45) is 0 Å². The lowest BCUT2D eigenvalue weighted by molar-refractivity contribution is -0.129. The number of hydrogen-bond acceptors (Lipinski definition) is 3. The van der Waals surface area contributed by atoms with Crippen LogP contribution in [0.4, 0.5) is 0 Å². The van der Waals surface area contributed by atoms with Gasteiger partial charge in [-0.3, -0.25) is 9.59 Å². The Labute approximate surface area is 144 Å². The Morgan fingerprint density at radius 1 is 1.22 bits per heavy atom. The largest absolute Gasteiger partial charge is 0.467 e. The van der Waals surface area contributed by atoms with Crippen LogP contribution in [-0.4, -0.2) is 29.8 Å². The molecule has 0 aliphatic carbocycles. The van der Waals surface area contributed by atoms with Crippen molar-refractivity contribution in [2.45, 2.75) is 13.5 Å². The highest BCUT2D eigenvalue weighted by Gasteiger charge is 2.12. The van der Waals surface area contributed by atoms with Crippen LogP contribution in [0.3, 0.4) is 0 Å². The zero-order valence-electron chi connectivity index (χ0n) is 12.5. The Morgan fingerprint density at radius 3 is 2.61 bits per heavy atom. The summed E-state index contributed by atoms with van der Waals surface area (Å²) >= 11 is 11.7. The van der Waals surface area contributed by atoms with E-state index in [1.165, 1.54) is 13.0 Å². The third-order valence-electron chi connectivity index (χ3n) is 3.22. The normalized spacial score (nSPS) is 10.4. The van der Waals surface area contributed by atoms with Gasteiger partial charge in [0.25, 0.3) is 5.91 Å². The molecule has 2 rings (SSSR count). The van der Waals surface area contributed by atoms with Crippen LogP contribution in [0, 0.1) is 0 Å². The average Bonchev–Trinajstić information content (AvgIpc) is 3.01. The Kier molecular flexibility index (Phi) is 6.07. The van der Waals surface area contributed by atoms with Crippen molar-refractivity contribution in [3.63, 3.8) is 0 Å². The molecule has 122 valence electrons. The molecule has 23 heavy (non-hydrogen) atoms. The summed E-state index contributed by atoms with van der Waals surface area (Å²) in [4.78, 5) is 25.3. The van der Waals surface area contributed by atoms with Gasteiger partial charge in [-0.25, -0.2) is 0 Å². The van der Waals surface area contributed by atoms with Gasteiger partial charge in [-0.05, 0) is 30.3 Å². The minimum absolute atomic E-state index is 0.0924. The Bertz CT molecular complexity index is 687. The quantitative estimate of drug-likeness (QED) is 0.864. The maximum Gasteiger partial charge on any atom is 0.251 e. The number of benzene rings is 1. The zero-order chi connectivity index (χ0) is 16.8. The van der Waals surface area contributed by atoms with Crippen molar-refractivity contribution in [1.29, 1.82) is 0 Å². The predicted octanol–water partition coefficient (Wildman–Crippen LogP) is 3.36. The van der Waals surface area contributed by atoms with E-state index in [4.69, 9.17) is 27.6 Å². The summed E-state index contributed by atoms with van der Waals surface area (Å²) in [7, 11) is 0. The van der Waals surface area contributed by atoms with E-state index in [9.17, 15) is 9.59 Å². The number of hydrogen-bond donors (Lipinski definition) is 1. The number of nitrogens with one attached hydrogen (secondary N) is 1. The second kappa shape index (κ2) is 8.04. The summed E-state index contributed by atoms with van der Waals surface area (Å²) in [6, 6.07) is 8.22. The molecule has 0 unspecified atom stereocenters. The molecule has 0 spiro atoms. The number of nitrogens with zero attached hydrogens (tertiary/aromatic N) is 1. The number of halogens is 2.